The normalized spacial score (nSPS) is 12.2. The second-order valence-corrected chi connectivity index (χ2v) is 4.59. The number of rotatable bonds is 6. The number of unbranched alkanes of at least 4 members (excludes halogenated alkanes) is 1. The van der Waals surface area contributed by atoms with Crippen molar-refractivity contribution in [1.29, 1.82) is 0 Å². The third-order valence-electron chi connectivity index (χ3n) is 3.04. The number of carbonyl (C=O) groups is 1. The van der Waals surface area contributed by atoms with Gasteiger partial charge in [0.1, 0.15) is 17.5 Å². The van der Waals surface area contributed by atoms with E-state index < -0.39 is 12.0 Å². The number of nitrogens with one attached hydrogen (secondary N) is 1. The van der Waals surface area contributed by atoms with Crippen molar-refractivity contribution in [2.24, 2.45) is 0 Å². The van der Waals surface area contributed by atoms with Crippen LogP contribution in [0.5, 0.6) is 0 Å². The highest BCUT2D eigenvalue weighted by Gasteiger charge is 2.17. The van der Waals surface area contributed by atoms with Crippen LogP contribution in [0, 0.1) is 0 Å². The Morgan fingerprint density at radius 1 is 1.50 bits per heavy atom. The van der Waals surface area contributed by atoms with Crippen LogP contribution in [-0.2, 0) is 4.79 Å². The average Bonchev–Trinajstić information content (AvgIpc) is 2.43. The Bertz CT molecular complexity index is 666. The minimum absolute atomic E-state index is 0.238. The Hall–Kier alpha value is -2.37. The lowest BCUT2D eigenvalue weighted by atomic mass is 10.1. The lowest BCUT2D eigenvalue weighted by Crippen LogP contribution is -2.30. The van der Waals surface area contributed by atoms with Gasteiger partial charge in [-0.2, -0.15) is 0 Å². The molecule has 1 unspecified atom stereocenters. The van der Waals surface area contributed by atoms with E-state index in [0.717, 1.165) is 12.8 Å². The smallest absolute Gasteiger partial charge is 0.326 e. The van der Waals surface area contributed by atoms with Crippen LogP contribution >= 0.6 is 0 Å². The van der Waals surface area contributed by atoms with Gasteiger partial charge in [0.05, 0.1) is 0 Å². The lowest BCUT2D eigenvalue weighted by molar-refractivity contribution is -0.138. The first-order valence-corrected chi connectivity index (χ1v) is 6.59. The monoisotopic (exact) mass is 275 g/mol. The first-order chi connectivity index (χ1) is 9.61. The maximum absolute atomic E-state index is 11.9. The number of carboxylic acid groups (broad SMARTS) is 1. The minimum Gasteiger partial charge on any atom is -0.480 e. The van der Waals surface area contributed by atoms with E-state index in [2.05, 4.69) is 10.3 Å². The zero-order chi connectivity index (χ0) is 14.5. The Balaban J connectivity index is 2.28. The topological polar surface area (TPSA) is 83.7 Å². The van der Waals surface area contributed by atoms with Crippen molar-refractivity contribution < 1.29 is 9.90 Å². The van der Waals surface area contributed by atoms with Crippen molar-refractivity contribution in [2.45, 2.75) is 32.2 Å². The number of aliphatic carboxylic acids is 1. The third kappa shape index (κ3) is 3.14. The van der Waals surface area contributed by atoms with Crippen LogP contribution in [0.25, 0.3) is 5.65 Å². The Labute approximate surface area is 116 Å². The first kappa shape index (κ1) is 14.0. The number of aromatic nitrogens is 2. The summed E-state index contributed by atoms with van der Waals surface area (Å²) in [7, 11) is 0. The molecule has 6 nitrogen and oxygen atoms in total. The Kier molecular flexibility index (Phi) is 4.34. The van der Waals surface area contributed by atoms with Gasteiger partial charge in [0.15, 0.2) is 0 Å². The fourth-order valence-electron chi connectivity index (χ4n) is 1.97. The molecule has 0 aliphatic heterocycles. The summed E-state index contributed by atoms with van der Waals surface area (Å²) in [5.74, 6) is -0.641. The summed E-state index contributed by atoms with van der Waals surface area (Å²) in [6.45, 7) is 2.00. The van der Waals surface area contributed by atoms with E-state index in [1.807, 2.05) is 6.92 Å². The van der Waals surface area contributed by atoms with E-state index in [4.69, 9.17) is 0 Å². The maximum atomic E-state index is 11.9. The maximum Gasteiger partial charge on any atom is 0.326 e. The molecule has 0 aliphatic carbocycles. The molecule has 0 saturated heterocycles. The van der Waals surface area contributed by atoms with Gasteiger partial charge in [0.2, 0.25) is 0 Å². The summed E-state index contributed by atoms with van der Waals surface area (Å²) in [5.41, 5.74) is 0.250. The summed E-state index contributed by atoms with van der Waals surface area (Å²) in [6.07, 6.45) is 3.84. The van der Waals surface area contributed by atoms with E-state index in [1.54, 1.807) is 24.4 Å². The molecule has 0 fully saturated rings. The fourth-order valence-corrected chi connectivity index (χ4v) is 1.97. The van der Waals surface area contributed by atoms with Gasteiger partial charge in [0, 0.05) is 12.3 Å². The number of anilines is 1. The molecule has 0 bridgehead atoms. The number of nitrogens with zero attached hydrogens (tertiary/aromatic N) is 2. The molecular formula is C14H17N3O3. The van der Waals surface area contributed by atoms with E-state index >= 15 is 0 Å². The van der Waals surface area contributed by atoms with Crippen LogP contribution in [0.1, 0.15) is 26.2 Å². The van der Waals surface area contributed by atoms with Gasteiger partial charge in [-0.25, -0.2) is 9.78 Å². The van der Waals surface area contributed by atoms with Crippen molar-refractivity contribution in [1.82, 2.24) is 9.38 Å². The standard InChI is InChI=1S/C14H17N3O3/c1-2-3-6-10(14(19)20)15-11-9-13(18)17-8-5-4-7-12(17)16-11/h4-5,7-10,15H,2-3,6H2,1H3,(H,19,20). The van der Waals surface area contributed by atoms with Crippen LogP contribution in [0.2, 0.25) is 0 Å². The summed E-state index contributed by atoms with van der Waals surface area (Å²) in [5, 5.41) is 12.0. The van der Waals surface area contributed by atoms with Crippen LogP contribution in [-0.4, -0.2) is 26.5 Å². The van der Waals surface area contributed by atoms with Gasteiger partial charge in [-0.3, -0.25) is 9.20 Å². The quantitative estimate of drug-likeness (QED) is 0.839. The van der Waals surface area contributed by atoms with Crippen molar-refractivity contribution in [2.75, 3.05) is 5.32 Å². The number of hydrogen-bond acceptors (Lipinski definition) is 4. The molecular weight excluding hydrogens is 258 g/mol. The number of carboxylic acids is 1. The van der Waals surface area contributed by atoms with Gasteiger partial charge >= 0.3 is 5.97 Å². The Morgan fingerprint density at radius 2 is 2.30 bits per heavy atom. The molecule has 2 heterocycles. The van der Waals surface area contributed by atoms with E-state index in [1.165, 1.54) is 10.5 Å². The zero-order valence-electron chi connectivity index (χ0n) is 11.2. The van der Waals surface area contributed by atoms with Gasteiger partial charge in [-0.1, -0.05) is 25.8 Å². The van der Waals surface area contributed by atoms with Crippen molar-refractivity contribution >= 4 is 17.4 Å². The van der Waals surface area contributed by atoms with Crippen molar-refractivity contribution in [3.05, 3.63) is 40.8 Å². The highest BCUT2D eigenvalue weighted by Crippen LogP contribution is 2.09. The predicted molar refractivity (Wildman–Crippen MR) is 76.0 cm³/mol. The van der Waals surface area contributed by atoms with Crippen LogP contribution in [0.4, 0.5) is 5.82 Å². The molecule has 0 amide bonds. The van der Waals surface area contributed by atoms with Crippen LogP contribution in [0.3, 0.4) is 0 Å². The van der Waals surface area contributed by atoms with Crippen molar-refractivity contribution in [3.8, 4) is 0 Å². The van der Waals surface area contributed by atoms with Crippen LogP contribution in [0.15, 0.2) is 35.3 Å². The number of pyridine rings is 1. The van der Waals surface area contributed by atoms with Gasteiger partial charge < -0.3 is 10.4 Å². The summed E-state index contributed by atoms with van der Waals surface area (Å²) in [6, 6.07) is 5.80. The number of fused-ring (bicyclic) bond motifs is 1. The molecule has 6 heteroatoms. The predicted octanol–water partition coefficient (Wildman–Crippen LogP) is 1.75. The third-order valence-corrected chi connectivity index (χ3v) is 3.04. The van der Waals surface area contributed by atoms with Gasteiger partial charge in [-0.05, 0) is 18.6 Å². The second kappa shape index (κ2) is 6.18. The zero-order valence-corrected chi connectivity index (χ0v) is 11.2. The van der Waals surface area contributed by atoms with Crippen LogP contribution < -0.4 is 10.9 Å². The molecule has 20 heavy (non-hydrogen) atoms. The molecule has 0 spiro atoms. The molecule has 0 aliphatic rings. The second-order valence-electron chi connectivity index (χ2n) is 4.59. The average molecular weight is 275 g/mol. The van der Waals surface area contributed by atoms with E-state index in [-0.39, 0.29) is 5.56 Å². The molecule has 2 aromatic heterocycles. The molecule has 106 valence electrons. The number of hydrogen-bond donors (Lipinski definition) is 2. The fraction of sp³-hybridized carbons (Fsp3) is 0.357. The Morgan fingerprint density at radius 3 is 3.00 bits per heavy atom. The van der Waals surface area contributed by atoms with Gasteiger partial charge in [0.25, 0.3) is 5.56 Å². The summed E-state index contributed by atoms with van der Waals surface area (Å²) >= 11 is 0. The van der Waals surface area contributed by atoms with E-state index in [9.17, 15) is 14.7 Å². The molecule has 0 saturated carbocycles. The molecule has 2 N–H and O–H groups in total. The van der Waals surface area contributed by atoms with Gasteiger partial charge in [-0.15, -0.1) is 0 Å². The molecule has 1 atom stereocenters. The highest BCUT2D eigenvalue weighted by atomic mass is 16.4. The first-order valence-electron chi connectivity index (χ1n) is 6.59. The SMILES string of the molecule is CCCCC(Nc1cc(=O)n2ccccc2n1)C(=O)O. The van der Waals surface area contributed by atoms with E-state index in [0.29, 0.717) is 17.9 Å². The minimum atomic E-state index is -0.937. The molecule has 2 rings (SSSR count). The molecule has 0 radical (unpaired) electrons. The summed E-state index contributed by atoms with van der Waals surface area (Å²) in [4.78, 5) is 27.3. The molecule has 0 aromatic carbocycles. The molecule has 2 aromatic rings. The summed E-state index contributed by atoms with van der Waals surface area (Å²) < 4.78 is 1.41. The largest absolute Gasteiger partial charge is 0.480 e. The van der Waals surface area contributed by atoms with Crippen molar-refractivity contribution in [3.63, 3.8) is 0 Å². The lowest BCUT2D eigenvalue weighted by Gasteiger charge is -2.14. The highest BCUT2D eigenvalue weighted by molar-refractivity contribution is 5.76.